The van der Waals surface area contributed by atoms with Crippen molar-refractivity contribution in [2.24, 2.45) is 0 Å². The highest BCUT2D eigenvalue weighted by molar-refractivity contribution is 7.89. The van der Waals surface area contributed by atoms with E-state index in [4.69, 9.17) is 16.1 Å². The Hall–Kier alpha value is -1.44. The number of hydrogen-bond acceptors (Lipinski definition) is 5. The van der Waals surface area contributed by atoms with Gasteiger partial charge >= 0.3 is 0 Å². The molecule has 0 saturated carbocycles. The molecule has 1 aliphatic heterocycles. The maximum atomic E-state index is 13.0. The van der Waals surface area contributed by atoms with Crippen LogP contribution in [0.15, 0.2) is 27.6 Å². The second-order valence-corrected chi connectivity index (χ2v) is 7.58. The lowest BCUT2D eigenvalue weighted by molar-refractivity contribution is 0.289. The standard InChI is InChI=1S/C14H16ClN3O3S/c1-9-11(15)5-3-7-13(9)22(19,20)18-8-4-6-12(18)14-16-10(2)17-21-14/h3,5,7,12H,4,6,8H2,1-2H3. The van der Waals surface area contributed by atoms with E-state index in [1.54, 1.807) is 32.0 Å². The largest absolute Gasteiger partial charge is 0.338 e. The van der Waals surface area contributed by atoms with Crippen LogP contribution in [0.4, 0.5) is 0 Å². The first kappa shape index (κ1) is 15.5. The summed E-state index contributed by atoms with van der Waals surface area (Å²) >= 11 is 6.06. The van der Waals surface area contributed by atoms with Gasteiger partial charge in [-0.3, -0.25) is 0 Å². The molecule has 1 aliphatic rings. The first-order valence-electron chi connectivity index (χ1n) is 6.98. The fourth-order valence-electron chi connectivity index (χ4n) is 2.72. The minimum absolute atomic E-state index is 0.225. The van der Waals surface area contributed by atoms with E-state index in [0.29, 0.717) is 35.3 Å². The summed E-state index contributed by atoms with van der Waals surface area (Å²) in [6.45, 7) is 3.85. The van der Waals surface area contributed by atoms with E-state index in [9.17, 15) is 8.42 Å². The van der Waals surface area contributed by atoms with E-state index in [1.165, 1.54) is 4.31 Å². The van der Waals surface area contributed by atoms with Crippen molar-refractivity contribution in [3.63, 3.8) is 0 Å². The quantitative estimate of drug-likeness (QED) is 0.858. The first-order chi connectivity index (χ1) is 10.4. The van der Waals surface area contributed by atoms with E-state index in [0.717, 1.165) is 6.42 Å². The molecule has 0 radical (unpaired) electrons. The van der Waals surface area contributed by atoms with Crippen LogP contribution in [0.5, 0.6) is 0 Å². The molecule has 3 rings (SSSR count). The molecule has 6 nitrogen and oxygen atoms in total. The van der Waals surface area contributed by atoms with Crippen LogP contribution in [0.25, 0.3) is 0 Å². The Balaban J connectivity index is 2.02. The van der Waals surface area contributed by atoms with Gasteiger partial charge in [-0.05, 0) is 44.4 Å². The predicted octanol–water partition coefficient (Wildman–Crippen LogP) is 2.87. The number of aryl methyl sites for hydroxylation is 1. The molecule has 1 aromatic carbocycles. The lowest BCUT2D eigenvalue weighted by Gasteiger charge is -2.22. The molecule has 0 spiro atoms. The lowest BCUT2D eigenvalue weighted by Crippen LogP contribution is -2.31. The van der Waals surface area contributed by atoms with Gasteiger partial charge in [-0.25, -0.2) is 8.42 Å². The van der Waals surface area contributed by atoms with Crippen molar-refractivity contribution in [3.8, 4) is 0 Å². The minimum Gasteiger partial charge on any atom is -0.338 e. The first-order valence-corrected chi connectivity index (χ1v) is 8.80. The Bertz CT molecular complexity index is 803. The second kappa shape index (κ2) is 5.64. The monoisotopic (exact) mass is 341 g/mol. The number of nitrogens with zero attached hydrogens (tertiary/aromatic N) is 3. The highest BCUT2D eigenvalue weighted by atomic mass is 35.5. The van der Waals surface area contributed by atoms with E-state index >= 15 is 0 Å². The number of halogens is 1. The Morgan fingerprint density at radius 2 is 2.14 bits per heavy atom. The molecule has 1 fully saturated rings. The SMILES string of the molecule is Cc1noc(C2CCCN2S(=O)(=O)c2cccc(Cl)c2C)n1. The van der Waals surface area contributed by atoms with Crippen LogP contribution in [0.1, 0.15) is 36.2 Å². The van der Waals surface area contributed by atoms with Crippen LogP contribution in [0.3, 0.4) is 0 Å². The van der Waals surface area contributed by atoms with Crippen LogP contribution in [-0.2, 0) is 10.0 Å². The molecule has 0 amide bonds. The zero-order valence-corrected chi connectivity index (χ0v) is 13.9. The number of benzene rings is 1. The van der Waals surface area contributed by atoms with Gasteiger partial charge in [0.2, 0.25) is 15.9 Å². The summed E-state index contributed by atoms with van der Waals surface area (Å²) in [5.41, 5.74) is 0.552. The second-order valence-electron chi connectivity index (χ2n) is 5.32. The van der Waals surface area contributed by atoms with E-state index in [1.807, 2.05) is 0 Å². The van der Waals surface area contributed by atoms with Crippen LogP contribution < -0.4 is 0 Å². The van der Waals surface area contributed by atoms with Crippen molar-refractivity contribution in [2.45, 2.75) is 37.6 Å². The van der Waals surface area contributed by atoms with Gasteiger partial charge in [0.15, 0.2) is 5.82 Å². The van der Waals surface area contributed by atoms with Crippen molar-refractivity contribution >= 4 is 21.6 Å². The fraction of sp³-hybridized carbons (Fsp3) is 0.429. The van der Waals surface area contributed by atoms with Crippen LogP contribution in [0.2, 0.25) is 5.02 Å². The topological polar surface area (TPSA) is 76.3 Å². The minimum atomic E-state index is -3.66. The van der Waals surface area contributed by atoms with E-state index < -0.39 is 16.1 Å². The van der Waals surface area contributed by atoms with Gasteiger partial charge in [0.05, 0.1) is 4.90 Å². The summed E-state index contributed by atoms with van der Waals surface area (Å²) in [6, 6.07) is 4.48. The smallest absolute Gasteiger partial charge is 0.245 e. The van der Waals surface area contributed by atoms with Crippen molar-refractivity contribution < 1.29 is 12.9 Å². The molecule has 0 aliphatic carbocycles. The van der Waals surface area contributed by atoms with Gasteiger partial charge in [0.1, 0.15) is 6.04 Å². The molecule has 118 valence electrons. The molecule has 8 heteroatoms. The Labute approximate surface area is 134 Å². The zero-order chi connectivity index (χ0) is 15.9. The molecule has 0 bridgehead atoms. The van der Waals surface area contributed by atoms with Gasteiger partial charge in [-0.15, -0.1) is 0 Å². The van der Waals surface area contributed by atoms with Crippen LogP contribution >= 0.6 is 11.6 Å². The molecular weight excluding hydrogens is 326 g/mol. The average Bonchev–Trinajstić information content (AvgIpc) is 3.10. The Morgan fingerprint density at radius 1 is 1.36 bits per heavy atom. The number of rotatable bonds is 3. The van der Waals surface area contributed by atoms with Gasteiger partial charge in [0.25, 0.3) is 0 Å². The molecule has 0 N–H and O–H groups in total. The molecule has 2 heterocycles. The lowest BCUT2D eigenvalue weighted by atomic mass is 10.2. The Morgan fingerprint density at radius 3 is 2.82 bits per heavy atom. The zero-order valence-electron chi connectivity index (χ0n) is 12.3. The van der Waals surface area contributed by atoms with Crippen molar-refractivity contribution in [1.82, 2.24) is 14.4 Å². The molecule has 1 aromatic heterocycles. The number of sulfonamides is 1. The summed E-state index contributed by atoms with van der Waals surface area (Å²) in [6.07, 6.45) is 1.42. The van der Waals surface area contributed by atoms with E-state index in [2.05, 4.69) is 10.1 Å². The summed E-state index contributed by atoms with van der Waals surface area (Å²) in [7, 11) is -3.66. The van der Waals surface area contributed by atoms with E-state index in [-0.39, 0.29) is 4.90 Å². The van der Waals surface area contributed by atoms with Gasteiger partial charge in [0, 0.05) is 11.6 Å². The third kappa shape index (κ3) is 2.53. The Kier molecular flexibility index (Phi) is 3.96. The van der Waals surface area contributed by atoms with Gasteiger partial charge < -0.3 is 4.52 Å². The fourth-order valence-corrected chi connectivity index (χ4v) is 4.85. The van der Waals surface area contributed by atoms with Crippen molar-refractivity contribution in [3.05, 3.63) is 40.5 Å². The summed E-state index contributed by atoms with van der Waals surface area (Å²) in [5.74, 6) is 0.844. The third-order valence-corrected chi connectivity index (χ3v) is 6.30. The maximum Gasteiger partial charge on any atom is 0.245 e. The van der Waals surface area contributed by atoms with Crippen LogP contribution in [0, 0.1) is 13.8 Å². The molecular formula is C14H16ClN3O3S. The molecule has 1 atom stereocenters. The summed E-state index contributed by atoms with van der Waals surface area (Å²) in [5, 5.41) is 4.19. The molecule has 22 heavy (non-hydrogen) atoms. The highest BCUT2D eigenvalue weighted by Gasteiger charge is 2.39. The number of aromatic nitrogens is 2. The summed E-state index contributed by atoms with van der Waals surface area (Å²) < 4.78 is 32.6. The predicted molar refractivity (Wildman–Crippen MR) is 81.1 cm³/mol. The normalized spacial score (nSPS) is 19.7. The van der Waals surface area contributed by atoms with Crippen LogP contribution in [-0.4, -0.2) is 29.4 Å². The summed E-state index contributed by atoms with van der Waals surface area (Å²) in [4.78, 5) is 4.41. The van der Waals surface area contributed by atoms with Crippen molar-refractivity contribution in [1.29, 1.82) is 0 Å². The molecule has 2 aromatic rings. The van der Waals surface area contributed by atoms with Gasteiger partial charge in [-0.2, -0.15) is 9.29 Å². The third-order valence-electron chi connectivity index (χ3n) is 3.84. The molecule has 1 unspecified atom stereocenters. The van der Waals surface area contributed by atoms with Gasteiger partial charge in [-0.1, -0.05) is 22.8 Å². The van der Waals surface area contributed by atoms with Crippen molar-refractivity contribution in [2.75, 3.05) is 6.54 Å². The molecule has 1 saturated heterocycles. The average molecular weight is 342 g/mol. The highest BCUT2D eigenvalue weighted by Crippen LogP contribution is 2.37. The maximum absolute atomic E-state index is 13.0. The number of hydrogen-bond donors (Lipinski definition) is 0.